The van der Waals surface area contributed by atoms with E-state index in [0.29, 0.717) is 17.7 Å². The van der Waals surface area contributed by atoms with E-state index in [1.807, 2.05) is 11.6 Å². The van der Waals surface area contributed by atoms with Gasteiger partial charge in [-0.05, 0) is 24.3 Å². The van der Waals surface area contributed by atoms with Gasteiger partial charge in [-0.15, -0.1) is 10.2 Å². The summed E-state index contributed by atoms with van der Waals surface area (Å²) >= 11 is 1.44. The van der Waals surface area contributed by atoms with Crippen molar-refractivity contribution in [3.8, 4) is 11.4 Å². The number of carbonyl (C=O) groups excluding carboxylic acids is 1. The van der Waals surface area contributed by atoms with Crippen LogP contribution in [0.1, 0.15) is 51.0 Å². The Kier molecular flexibility index (Phi) is 5.78. The van der Waals surface area contributed by atoms with Crippen LogP contribution in [0.25, 0.3) is 11.4 Å². The maximum absolute atomic E-state index is 12.1. The molecule has 1 aromatic carbocycles. The van der Waals surface area contributed by atoms with Gasteiger partial charge in [-0.1, -0.05) is 62.7 Å². The molecule has 1 saturated carbocycles. The molecule has 0 aliphatic heterocycles. The van der Waals surface area contributed by atoms with Crippen LogP contribution in [0.3, 0.4) is 0 Å². The molecule has 0 spiro atoms. The molecule has 0 unspecified atom stereocenters. The van der Waals surface area contributed by atoms with E-state index in [1.165, 1.54) is 30.2 Å². The van der Waals surface area contributed by atoms with Crippen molar-refractivity contribution >= 4 is 17.7 Å². The van der Waals surface area contributed by atoms with E-state index in [0.717, 1.165) is 29.4 Å². The first-order valence-corrected chi connectivity index (χ1v) is 9.95. The minimum atomic E-state index is 0.0859. The summed E-state index contributed by atoms with van der Waals surface area (Å²) in [6, 6.07) is 8.80. The first-order chi connectivity index (χ1) is 12.0. The highest BCUT2D eigenvalue weighted by molar-refractivity contribution is 7.99. The number of hydrogen-bond donors (Lipinski definition) is 1. The molecule has 1 fully saturated rings. The van der Waals surface area contributed by atoms with E-state index < -0.39 is 0 Å². The molecule has 6 heteroatoms. The van der Waals surface area contributed by atoms with Crippen molar-refractivity contribution in [1.29, 1.82) is 0 Å². The van der Waals surface area contributed by atoms with Gasteiger partial charge in [0, 0.05) is 18.7 Å². The van der Waals surface area contributed by atoms with Gasteiger partial charge in [0.25, 0.3) is 0 Å². The lowest BCUT2D eigenvalue weighted by Crippen LogP contribution is -2.33. The fourth-order valence-electron chi connectivity index (χ4n) is 3.18. The van der Waals surface area contributed by atoms with Crippen LogP contribution in [0, 0.1) is 0 Å². The van der Waals surface area contributed by atoms with Crippen LogP contribution in [-0.4, -0.2) is 32.5 Å². The molecular formula is C19H26N4OS. The third-order valence-corrected chi connectivity index (χ3v) is 5.74. The standard InChI is InChI=1S/C19H26N4OS/c1-13(2)14-8-10-15(11-9-14)18-21-22-19(23(18)3)25-12-17(24)20-16-6-4-5-7-16/h8-11,13,16H,4-7,12H2,1-3H3,(H,20,24). The Labute approximate surface area is 153 Å². The normalized spacial score (nSPS) is 15.0. The smallest absolute Gasteiger partial charge is 0.230 e. The first kappa shape index (κ1) is 18.0. The fourth-order valence-corrected chi connectivity index (χ4v) is 3.90. The summed E-state index contributed by atoms with van der Waals surface area (Å²) in [5, 5.41) is 12.4. The molecule has 1 amide bonds. The van der Waals surface area contributed by atoms with Gasteiger partial charge in [-0.25, -0.2) is 0 Å². The summed E-state index contributed by atoms with van der Waals surface area (Å²) in [4.78, 5) is 12.1. The lowest BCUT2D eigenvalue weighted by atomic mass is 10.0. The second-order valence-electron chi connectivity index (χ2n) is 6.98. The molecule has 0 radical (unpaired) electrons. The predicted molar refractivity (Wildman–Crippen MR) is 102 cm³/mol. The Morgan fingerprint density at radius 3 is 2.56 bits per heavy atom. The van der Waals surface area contributed by atoms with Crippen molar-refractivity contribution < 1.29 is 4.79 Å². The quantitative estimate of drug-likeness (QED) is 0.799. The number of carbonyl (C=O) groups is 1. The first-order valence-electron chi connectivity index (χ1n) is 8.96. The molecule has 1 aromatic heterocycles. The van der Waals surface area contributed by atoms with E-state index in [4.69, 9.17) is 0 Å². The SMILES string of the molecule is CC(C)c1ccc(-c2nnc(SCC(=O)NC3CCCC3)n2C)cc1. The summed E-state index contributed by atoms with van der Waals surface area (Å²) in [6.07, 6.45) is 4.66. The molecule has 2 aromatic rings. The second kappa shape index (κ2) is 8.04. The molecule has 0 saturated heterocycles. The van der Waals surface area contributed by atoms with Crippen molar-refractivity contribution in [2.24, 2.45) is 7.05 Å². The largest absolute Gasteiger partial charge is 0.353 e. The van der Waals surface area contributed by atoms with Crippen LogP contribution in [-0.2, 0) is 11.8 Å². The third-order valence-electron chi connectivity index (χ3n) is 4.72. The molecular weight excluding hydrogens is 332 g/mol. The van der Waals surface area contributed by atoms with Gasteiger partial charge in [0.2, 0.25) is 5.91 Å². The third kappa shape index (κ3) is 4.42. The summed E-state index contributed by atoms with van der Waals surface area (Å²) in [5.41, 5.74) is 2.35. The zero-order valence-corrected chi connectivity index (χ0v) is 16.0. The lowest BCUT2D eigenvalue weighted by molar-refractivity contribution is -0.119. The van der Waals surface area contributed by atoms with E-state index in [2.05, 4.69) is 53.6 Å². The Morgan fingerprint density at radius 1 is 1.24 bits per heavy atom. The highest BCUT2D eigenvalue weighted by atomic mass is 32.2. The lowest BCUT2D eigenvalue weighted by Gasteiger charge is -2.11. The van der Waals surface area contributed by atoms with Crippen molar-refractivity contribution in [3.05, 3.63) is 29.8 Å². The number of benzene rings is 1. The molecule has 0 bridgehead atoms. The molecule has 134 valence electrons. The van der Waals surface area contributed by atoms with Gasteiger partial charge in [-0.2, -0.15) is 0 Å². The Morgan fingerprint density at radius 2 is 1.92 bits per heavy atom. The van der Waals surface area contributed by atoms with E-state index in [9.17, 15) is 4.79 Å². The monoisotopic (exact) mass is 358 g/mol. The highest BCUT2D eigenvalue weighted by Crippen LogP contribution is 2.25. The molecule has 0 atom stereocenters. The summed E-state index contributed by atoms with van der Waals surface area (Å²) in [5.74, 6) is 1.81. The van der Waals surface area contributed by atoms with Gasteiger partial charge in [0.1, 0.15) is 0 Å². The molecule has 1 aliphatic carbocycles. The van der Waals surface area contributed by atoms with E-state index in [1.54, 1.807) is 0 Å². The van der Waals surface area contributed by atoms with Crippen LogP contribution < -0.4 is 5.32 Å². The van der Waals surface area contributed by atoms with E-state index >= 15 is 0 Å². The fraction of sp³-hybridized carbons (Fsp3) is 0.526. The average molecular weight is 359 g/mol. The number of aromatic nitrogens is 3. The Balaban J connectivity index is 1.61. The minimum Gasteiger partial charge on any atom is -0.353 e. The summed E-state index contributed by atoms with van der Waals surface area (Å²) < 4.78 is 1.96. The zero-order chi connectivity index (χ0) is 17.8. The van der Waals surface area contributed by atoms with Crippen LogP contribution in [0.15, 0.2) is 29.4 Å². The summed E-state index contributed by atoms with van der Waals surface area (Å²) in [6.45, 7) is 4.37. The zero-order valence-electron chi connectivity index (χ0n) is 15.2. The van der Waals surface area contributed by atoms with Crippen LogP contribution in [0.2, 0.25) is 0 Å². The molecule has 3 rings (SSSR count). The van der Waals surface area contributed by atoms with Crippen molar-refractivity contribution in [2.45, 2.75) is 56.6 Å². The summed E-state index contributed by atoms with van der Waals surface area (Å²) in [7, 11) is 1.95. The maximum atomic E-state index is 12.1. The van der Waals surface area contributed by atoms with Crippen LogP contribution in [0.4, 0.5) is 0 Å². The number of nitrogens with zero attached hydrogens (tertiary/aromatic N) is 3. The van der Waals surface area contributed by atoms with Gasteiger partial charge in [0.05, 0.1) is 5.75 Å². The topological polar surface area (TPSA) is 59.8 Å². The molecule has 1 heterocycles. The number of amides is 1. The molecule has 1 aliphatic rings. The van der Waals surface area contributed by atoms with Crippen molar-refractivity contribution in [3.63, 3.8) is 0 Å². The van der Waals surface area contributed by atoms with Crippen LogP contribution >= 0.6 is 11.8 Å². The van der Waals surface area contributed by atoms with Gasteiger partial charge < -0.3 is 9.88 Å². The Bertz CT molecular complexity index is 718. The predicted octanol–water partition coefficient (Wildman–Crippen LogP) is 3.76. The van der Waals surface area contributed by atoms with Gasteiger partial charge in [-0.3, -0.25) is 4.79 Å². The maximum Gasteiger partial charge on any atom is 0.230 e. The van der Waals surface area contributed by atoms with Gasteiger partial charge >= 0.3 is 0 Å². The highest BCUT2D eigenvalue weighted by Gasteiger charge is 2.18. The Hall–Kier alpha value is -1.82. The molecule has 1 N–H and O–H groups in total. The minimum absolute atomic E-state index is 0.0859. The number of thioether (sulfide) groups is 1. The number of rotatable bonds is 6. The van der Waals surface area contributed by atoms with E-state index in [-0.39, 0.29) is 5.91 Å². The van der Waals surface area contributed by atoms with Crippen molar-refractivity contribution in [2.75, 3.05) is 5.75 Å². The molecule has 5 nitrogen and oxygen atoms in total. The van der Waals surface area contributed by atoms with Crippen LogP contribution in [0.5, 0.6) is 0 Å². The average Bonchev–Trinajstić information content (AvgIpc) is 3.23. The van der Waals surface area contributed by atoms with Crippen molar-refractivity contribution in [1.82, 2.24) is 20.1 Å². The molecule has 25 heavy (non-hydrogen) atoms. The second-order valence-corrected chi connectivity index (χ2v) is 7.92. The number of hydrogen-bond acceptors (Lipinski definition) is 4. The van der Waals surface area contributed by atoms with Gasteiger partial charge in [0.15, 0.2) is 11.0 Å². The number of nitrogens with one attached hydrogen (secondary N) is 1.